The zero-order valence-electron chi connectivity index (χ0n) is 18.1. The van der Waals surface area contributed by atoms with Gasteiger partial charge in [-0.25, -0.2) is 8.78 Å². The number of carbonyl (C=O) groups excluding carboxylic acids is 4. The Labute approximate surface area is 187 Å². The fraction of sp³-hybridized carbons (Fsp3) is 0.273. The van der Waals surface area contributed by atoms with Gasteiger partial charge in [-0.2, -0.15) is 0 Å². The van der Waals surface area contributed by atoms with E-state index in [4.69, 9.17) is 10.5 Å². The van der Waals surface area contributed by atoms with Gasteiger partial charge in [0.1, 0.15) is 11.6 Å². The number of amides is 3. The summed E-state index contributed by atoms with van der Waals surface area (Å²) in [6, 6.07) is 5.27. The maximum Gasteiger partial charge on any atom is 0.303 e. The Kier molecular flexibility index (Phi) is 6.34. The summed E-state index contributed by atoms with van der Waals surface area (Å²) in [5, 5.41) is 7.50. The molecule has 0 bridgehead atoms. The van der Waals surface area contributed by atoms with Crippen molar-refractivity contribution in [2.45, 2.75) is 39.2 Å². The molecule has 5 N–H and O–H groups in total. The lowest BCUT2D eigenvalue weighted by molar-refractivity contribution is -0.160. The van der Waals surface area contributed by atoms with Gasteiger partial charge in [0, 0.05) is 18.3 Å². The molecule has 11 heteroatoms. The van der Waals surface area contributed by atoms with E-state index < -0.39 is 29.1 Å². The average molecular weight is 460 g/mol. The van der Waals surface area contributed by atoms with Gasteiger partial charge in [0.15, 0.2) is 5.60 Å². The van der Waals surface area contributed by atoms with Crippen molar-refractivity contribution in [3.63, 3.8) is 0 Å². The van der Waals surface area contributed by atoms with E-state index in [2.05, 4.69) is 16.0 Å². The van der Waals surface area contributed by atoms with Gasteiger partial charge < -0.3 is 26.4 Å². The number of nitrogens with one attached hydrogen (secondary N) is 3. The van der Waals surface area contributed by atoms with Gasteiger partial charge in [0.25, 0.3) is 5.91 Å². The topological polar surface area (TPSA) is 140 Å². The van der Waals surface area contributed by atoms with Crippen molar-refractivity contribution in [2.75, 3.05) is 21.7 Å². The first-order valence-corrected chi connectivity index (χ1v) is 9.86. The molecule has 2 aliphatic heterocycles. The van der Waals surface area contributed by atoms with E-state index in [0.717, 1.165) is 0 Å². The van der Waals surface area contributed by atoms with E-state index in [1.807, 2.05) is 0 Å². The highest BCUT2D eigenvalue weighted by molar-refractivity contribution is 6.02. The number of nitrogen functional groups attached to an aromatic ring is 1. The number of hydrogen-bond acceptors (Lipinski definition) is 6. The molecule has 174 valence electrons. The van der Waals surface area contributed by atoms with E-state index in [-0.39, 0.29) is 36.0 Å². The number of hydrogen-bond donors (Lipinski definition) is 4. The van der Waals surface area contributed by atoms with Crippen molar-refractivity contribution in [1.82, 2.24) is 0 Å². The number of esters is 1. The molecule has 0 fully saturated rings. The minimum absolute atomic E-state index is 0.0657. The molecule has 0 aromatic heterocycles. The number of nitrogens with two attached hydrogens (primary N) is 1. The number of ether oxygens (including phenoxy) is 1. The van der Waals surface area contributed by atoms with Crippen molar-refractivity contribution < 1.29 is 32.7 Å². The predicted octanol–water partition coefficient (Wildman–Crippen LogP) is 2.50. The van der Waals surface area contributed by atoms with Gasteiger partial charge >= 0.3 is 5.97 Å². The van der Waals surface area contributed by atoms with Crippen molar-refractivity contribution in [3.05, 3.63) is 47.0 Å². The van der Waals surface area contributed by atoms with Gasteiger partial charge in [0.05, 0.1) is 24.2 Å². The minimum atomic E-state index is -1.43. The molecule has 0 radical (unpaired) electrons. The van der Waals surface area contributed by atoms with Crippen LogP contribution in [0.25, 0.3) is 0 Å². The van der Waals surface area contributed by atoms with E-state index >= 15 is 0 Å². The maximum atomic E-state index is 13.9. The van der Waals surface area contributed by atoms with Crippen LogP contribution in [0.4, 0.5) is 31.5 Å². The lowest BCUT2D eigenvalue weighted by Crippen LogP contribution is -2.41. The molecule has 2 heterocycles. The van der Waals surface area contributed by atoms with E-state index in [0.29, 0.717) is 22.5 Å². The highest BCUT2D eigenvalue weighted by Gasteiger charge is 2.32. The normalized spacial score (nSPS) is 13.7. The predicted molar refractivity (Wildman–Crippen MR) is 116 cm³/mol. The fourth-order valence-electron chi connectivity index (χ4n) is 3.28. The maximum absolute atomic E-state index is 13.9. The number of carbonyl (C=O) groups is 4. The van der Waals surface area contributed by atoms with Gasteiger partial charge in [-0.3, -0.25) is 19.2 Å². The Morgan fingerprint density at radius 1 is 0.970 bits per heavy atom. The molecule has 0 saturated heterocycles. The van der Waals surface area contributed by atoms with Crippen LogP contribution in [0, 0.1) is 11.6 Å². The van der Waals surface area contributed by atoms with Crippen LogP contribution in [0.5, 0.6) is 0 Å². The van der Waals surface area contributed by atoms with Crippen molar-refractivity contribution >= 4 is 46.4 Å². The number of benzene rings is 2. The molecule has 9 nitrogen and oxygen atoms in total. The van der Waals surface area contributed by atoms with Gasteiger partial charge in [-0.15, -0.1) is 0 Å². The summed E-state index contributed by atoms with van der Waals surface area (Å²) in [6.45, 7) is 3.98. The minimum Gasteiger partial charge on any atom is -0.450 e. The quantitative estimate of drug-likeness (QED) is 0.410. The molecule has 0 saturated carbocycles. The van der Waals surface area contributed by atoms with Crippen molar-refractivity contribution in [2.24, 2.45) is 0 Å². The highest BCUT2D eigenvalue weighted by Crippen LogP contribution is 2.30. The second kappa shape index (κ2) is 8.85. The monoisotopic (exact) mass is 460 g/mol. The molecule has 3 amide bonds. The molecule has 0 unspecified atom stereocenters. The highest BCUT2D eigenvalue weighted by atomic mass is 19.1. The summed E-state index contributed by atoms with van der Waals surface area (Å²) >= 11 is 0. The Balaban J connectivity index is 0.000000215. The Morgan fingerprint density at radius 3 is 2.03 bits per heavy atom. The molecule has 2 aliphatic rings. The van der Waals surface area contributed by atoms with Crippen molar-refractivity contribution in [3.8, 4) is 0 Å². The number of anilines is 4. The van der Waals surface area contributed by atoms with E-state index in [1.54, 1.807) is 0 Å². The lowest BCUT2D eigenvalue weighted by atomic mass is 10.1. The third-order valence-electron chi connectivity index (χ3n) is 4.86. The SMILES string of the molecule is CC(=O)OC(C)(C)C(=O)Nc1cc2c(cc1F)CC(=O)N2.Nc1cc2c(cc1F)CC(=O)N2. The van der Waals surface area contributed by atoms with Crippen LogP contribution < -0.4 is 21.7 Å². The molecule has 2 aromatic carbocycles. The molecular formula is C22H22F2N4O5. The standard InChI is InChI=1S/C14H15FN2O4.C8H7FN2O/c1-7(18)21-14(2,3)13(20)17-11-6-10-8(4-9(11)15)5-12(19)16-10;9-5-1-4-2-8(12)11-7(4)3-6(5)10/h4,6H,5H2,1-3H3,(H,16,19)(H,17,20);1,3H,2,10H2,(H,11,12). The first-order valence-electron chi connectivity index (χ1n) is 9.86. The number of halogens is 2. The Bertz CT molecular complexity index is 1150. The zero-order valence-corrected chi connectivity index (χ0v) is 18.1. The van der Waals surface area contributed by atoms with Crippen molar-refractivity contribution in [1.29, 1.82) is 0 Å². The zero-order chi connectivity index (χ0) is 24.5. The van der Waals surface area contributed by atoms with Gasteiger partial charge in [-0.1, -0.05) is 0 Å². The molecule has 2 aromatic rings. The first-order chi connectivity index (χ1) is 15.4. The Morgan fingerprint density at radius 2 is 1.48 bits per heavy atom. The van der Waals surface area contributed by atoms with Crippen LogP contribution in [-0.4, -0.2) is 29.3 Å². The van der Waals surface area contributed by atoms with Crippen LogP contribution >= 0.6 is 0 Å². The van der Waals surface area contributed by atoms with Crippen LogP contribution in [0.3, 0.4) is 0 Å². The van der Waals surface area contributed by atoms with Gasteiger partial charge in [-0.05, 0) is 49.2 Å². The summed E-state index contributed by atoms with van der Waals surface area (Å²) in [6.07, 6.45) is 0.353. The summed E-state index contributed by atoms with van der Waals surface area (Å²) < 4.78 is 31.6. The van der Waals surface area contributed by atoms with Crippen LogP contribution in [0.15, 0.2) is 24.3 Å². The smallest absolute Gasteiger partial charge is 0.303 e. The second-order valence-corrected chi connectivity index (χ2v) is 8.03. The molecule has 0 atom stereocenters. The van der Waals surface area contributed by atoms with E-state index in [1.165, 1.54) is 45.0 Å². The van der Waals surface area contributed by atoms with E-state index in [9.17, 15) is 28.0 Å². The van der Waals surface area contributed by atoms with Gasteiger partial charge in [0.2, 0.25) is 11.8 Å². The molecule has 33 heavy (non-hydrogen) atoms. The molecule has 4 rings (SSSR count). The summed E-state index contributed by atoms with van der Waals surface area (Å²) in [5.74, 6) is -2.75. The average Bonchev–Trinajstić information content (AvgIpc) is 3.21. The Hall–Kier alpha value is -4.02. The van der Waals surface area contributed by atoms with Crippen LogP contribution in [0.2, 0.25) is 0 Å². The first kappa shape index (κ1) is 23.6. The number of fused-ring (bicyclic) bond motifs is 2. The third kappa shape index (κ3) is 5.43. The third-order valence-corrected chi connectivity index (χ3v) is 4.86. The lowest BCUT2D eigenvalue weighted by Gasteiger charge is -2.23. The van der Waals surface area contributed by atoms with Crippen LogP contribution in [0.1, 0.15) is 31.9 Å². The summed E-state index contributed by atoms with van der Waals surface area (Å²) in [7, 11) is 0. The second-order valence-electron chi connectivity index (χ2n) is 8.03. The largest absolute Gasteiger partial charge is 0.450 e. The summed E-state index contributed by atoms with van der Waals surface area (Å²) in [5.41, 5.74) is 6.16. The summed E-state index contributed by atoms with van der Waals surface area (Å²) in [4.78, 5) is 45.1. The van der Waals surface area contributed by atoms with Crippen LogP contribution in [-0.2, 0) is 36.8 Å². The molecular weight excluding hydrogens is 438 g/mol. The molecule has 0 spiro atoms. The fourth-order valence-corrected chi connectivity index (χ4v) is 3.28. The number of rotatable bonds is 3. The molecule has 0 aliphatic carbocycles.